The van der Waals surface area contributed by atoms with Crippen molar-refractivity contribution in [3.8, 4) is 11.5 Å². The van der Waals surface area contributed by atoms with Crippen LogP contribution in [-0.4, -0.2) is 22.6 Å². The summed E-state index contributed by atoms with van der Waals surface area (Å²) >= 11 is 0. The van der Waals surface area contributed by atoms with Gasteiger partial charge >= 0.3 is 0 Å². The van der Waals surface area contributed by atoms with Crippen molar-refractivity contribution in [1.29, 1.82) is 0 Å². The van der Waals surface area contributed by atoms with Crippen molar-refractivity contribution >= 4 is 11.6 Å². The van der Waals surface area contributed by atoms with E-state index in [0.29, 0.717) is 23.9 Å². The Labute approximate surface area is 163 Å². The Balaban J connectivity index is 1.53. The third-order valence-electron chi connectivity index (χ3n) is 5.16. The second-order valence-corrected chi connectivity index (χ2v) is 7.37. The quantitative estimate of drug-likeness (QED) is 0.656. The van der Waals surface area contributed by atoms with Crippen LogP contribution in [0, 0.1) is 19.7 Å². The van der Waals surface area contributed by atoms with Gasteiger partial charge in [-0.2, -0.15) is 4.98 Å². The van der Waals surface area contributed by atoms with E-state index in [-0.39, 0.29) is 24.1 Å². The highest BCUT2D eigenvalue weighted by Gasteiger charge is 2.29. The van der Waals surface area contributed by atoms with Crippen LogP contribution in [0.4, 0.5) is 10.1 Å². The molecule has 0 aliphatic carbocycles. The van der Waals surface area contributed by atoms with Crippen LogP contribution in [-0.2, 0) is 4.79 Å². The minimum absolute atomic E-state index is 0.119. The first-order valence-corrected chi connectivity index (χ1v) is 9.48. The molecule has 0 radical (unpaired) electrons. The fourth-order valence-electron chi connectivity index (χ4n) is 3.56. The lowest BCUT2D eigenvalue weighted by Crippen LogP contribution is -2.31. The summed E-state index contributed by atoms with van der Waals surface area (Å²) in [6.45, 7) is 4.33. The van der Waals surface area contributed by atoms with Gasteiger partial charge in [-0.1, -0.05) is 28.9 Å². The van der Waals surface area contributed by atoms with Crippen LogP contribution in [0.1, 0.15) is 42.1 Å². The zero-order chi connectivity index (χ0) is 19.7. The van der Waals surface area contributed by atoms with Crippen molar-refractivity contribution in [2.24, 2.45) is 0 Å². The molecule has 3 aromatic rings. The number of hydrogen-bond donors (Lipinski definition) is 0. The molecule has 6 heteroatoms. The van der Waals surface area contributed by atoms with Crippen LogP contribution in [0.5, 0.6) is 0 Å². The molecule has 0 spiro atoms. The highest BCUT2D eigenvalue weighted by atomic mass is 19.1. The predicted octanol–water partition coefficient (Wildman–Crippen LogP) is 4.79. The summed E-state index contributed by atoms with van der Waals surface area (Å²) in [6, 6.07) is 12.8. The average molecular weight is 379 g/mol. The summed E-state index contributed by atoms with van der Waals surface area (Å²) < 4.78 is 19.8. The molecule has 144 valence electrons. The summed E-state index contributed by atoms with van der Waals surface area (Å²) in [7, 11) is 0. The van der Waals surface area contributed by atoms with Crippen molar-refractivity contribution in [2.75, 3.05) is 11.4 Å². The van der Waals surface area contributed by atoms with E-state index >= 15 is 0 Å². The zero-order valence-corrected chi connectivity index (χ0v) is 16.0. The SMILES string of the molecule is Cc1ccc(-c2nc(C3CCCN(c4ccc(C)cc4F)C(=O)C3)no2)cc1. The number of benzene rings is 2. The summed E-state index contributed by atoms with van der Waals surface area (Å²) in [5.74, 6) is 0.372. The predicted molar refractivity (Wildman–Crippen MR) is 105 cm³/mol. The molecule has 4 rings (SSSR count). The fraction of sp³-hybridized carbons (Fsp3) is 0.318. The maximum atomic E-state index is 14.3. The maximum absolute atomic E-state index is 14.3. The third kappa shape index (κ3) is 3.67. The minimum atomic E-state index is -0.368. The summed E-state index contributed by atoms with van der Waals surface area (Å²) in [5.41, 5.74) is 3.18. The van der Waals surface area contributed by atoms with E-state index in [1.54, 1.807) is 6.07 Å². The number of aryl methyl sites for hydroxylation is 2. The third-order valence-corrected chi connectivity index (χ3v) is 5.16. The van der Waals surface area contributed by atoms with Gasteiger partial charge < -0.3 is 9.42 Å². The Kier molecular flexibility index (Phi) is 4.94. The van der Waals surface area contributed by atoms with Gasteiger partial charge in [-0.05, 0) is 56.5 Å². The number of nitrogens with zero attached hydrogens (tertiary/aromatic N) is 3. The Bertz CT molecular complexity index is 997. The lowest BCUT2D eigenvalue weighted by Gasteiger charge is -2.21. The Hall–Kier alpha value is -3.02. The van der Waals surface area contributed by atoms with Crippen molar-refractivity contribution < 1.29 is 13.7 Å². The monoisotopic (exact) mass is 379 g/mol. The number of anilines is 1. The van der Waals surface area contributed by atoms with Crippen LogP contribution in [0.3, 0.4) is 0 Å². The summed E-state index contributed by atoms with van der Waals surface area (Å²) in [6.07, 6.45) is 1.74. The number of halogens is 1. The number of aromatic nitrogens is 2. The molecule has 1 aliphatic heterocycles. The van der Waals surface area contributed by atoms with Crippen LogP contribution in [0.25, 0.3) is 11.5 Å². The molecule has 2 aromatic carbocycles. The zero-order valence-electron chi connectivity index (χ0n) is 16.0. The molecule has 1 atom stereocenters. The van der Waals surface area contributed by atoms with E-state index in [1.165, 1.54) is 11.0 Å². The maximum Gasteiger partial charge on any atom is 0.257 e. The van der Waals surface area contributed by atoms with E-state index in [1.807, 2.05) is 44.2 Å². The van der Waals surface area contributed by atoms with Gasteiger partial charge in [0.15, 0.2) is 5.82 Å². The molecule has 0 bridgehead atoms. The molecule has 1 aromatic heterocycles. The van der Waals surface area contributed by atoms with Gasteiger partial charge in [0, 0.05) is 24.4 Å². The number of rotatable bonds is 3. The number of amides is 1. The number of hydrogen-bond acceptors (Lipinski definition) is 4. The van der Waals surface area contributed by atoms with Crippen LogP contribution in [0.2, 0.25) is 0 Å². The standard InChI is InChI=1S/C22H22FN3O2/c1-14-5-8-16(9-6-14)22-24-21(25-28-22)17-4-3-11-26(20(27)13-17)19-10-7-15(2)12-18(19)23/h5-10,12,17H,3-4,11,13H2,1-2H3. The molecule has 1 fully saturated rings. The first-order valence-electron chi connectivity index (χ1n) is 9.48. The van der Waals surface area contributed by atoms with Crippen molar-refractivity contribution in [1.82, 2.24) is 10.1 Å². The van der Waals surface area contributed by atoms with Gasteiger partial charge in [0.25, 0.3) is 5.89 Å². The van der Waals surface area contributed by atoms with Crippen LogP contribution >= 0.6 is 0 Å². The lowest BCUT2D eigenvalue weighted by molar-refractivity contribution is -0.118. The molecule has 2 heterocycles. The first kappa shape index (κ1) is 18.3. The fourth-order valence-corrected chi connectivity index (χ4v) is 3.56. The molecule has 5 nitrogen and oxygen atoms in total. The summed E-state index contributed by atoms with van der Waals surface area (Å²) in [4.78, 5) is 18.9. The van der Waals surface area contributed by atoms with E-state index in [9.17, 15) is 9.18 Å². The van der Waals surface area contributed by atoms with Crippen LogP contribution < -0.4 is 4.90 Å². The van der Waals surface area contributed by atoms with Gasteiger partial charge in [-0.3, -0.25) is 4.79 Å². The topological polar surface area (TPSA) is 59.2 Å². The Morgan fingerprint density at radius 3 is 2.61 bits per heavy atom. The second kappa shape index (κ2) is 7.54. The highest BCUT2D eigenvalue weighted by molar-refractivity contribution is 5.94. The van der Waals surface area contributed by atoms with Gasteiger partial charge in [0.2, 0.25) is 5.91 Å². The van der Waals surface area contributed by atoms with E-state index in [0.717, 1.165) is 29.5 Å². The second-order valence-electron chi connectivity index (χ2n) is 7.37. The molecule has 1 amide bonds. The molecule has 1 aliphatic rings. The van der Waals surface area contributed by atoms with Crippen molar-refractivity contribution in [3.05, 3.63) is 65.2 Å². The molecule has 0 N–H and O–H groups in total. The first-order chi connectivity index (χ1) is 13.5. The molecular formula is C22H22FN3O2. The van der Waals surface area contributed by atoms with Gasteiger partial charge in [0.05, 0.1) is 5.69 Å². The molecule has 1 unspecified atom stereocenters. The normalized spacial score (nSPS) is 17.6. The largest absolute Gasteiger partial charge is 0.334 e. The Morgan fingerprint density at radius 1 is 1.11 bits per heavy atom. The van der Waals surface area contributed by atoms with Crippen molar-refractivity contribution in [3.63, 3.8) is 0 Å². The van der Waals surface area contributed by atoms with Crippen molar-refractivity contribution in [2.45, 2.75) is 39.0 Å². The number of carbonyl (C=O) groups excluding carboxylic acids is 1. The highest BCUT2D eigenvalue weighted by Crippen LogP contribution is 2.31. The lowest BCUT2D eigenvalue weighted by atomic mass is 10.00. The van der Waals surface area contributed by atoms with E-state index in [4.69, 9.17) is 4.52 Å². The smallest absolute Gasteiger partial charge is 0.257 e. The van der Waals surface area contributed by atoms with E-state index in [2.05, 4.69) is 10.1 Å². The van der Waals surface area contributed by atoms with Gasteiger partial charge in [-0.15, -0.1) is 0 Å². The van der Waals surface area contributed by atoms with Gasteiger partial charge in [-0.25, -0.2) is 4.39 Å². The molecule has 0 saturated carbocycles. The molecular weight excluding hydrogens is 357 g/mol. The van der Waals surface area contributed by atoms with Gasteiger partial charge in [0.1, 0.15) is 5.82 Å². The van der Waals surface area contributed by atoms with Crippen LogP contribution in [0.15, 0.2) is 47.0 Å². The summed E-state index contributed by atoms with van der Waals surface area (Å²) in [5, 5.41) is 4.11. The Morgan fingerprint density at radius 2 is 1.86 bits per heavy atom. The van der Waals surface area contributed by atoms with E-state index < -0.39 is 0 Å². The molecule has 1 saturated heterocycles. The molecule has 28 heavy (non-hydrogen) atoms. The average Bonchev–Trinajstić information content (AvgIpc) is 3.08. The number of carbonyl (C=O) groups is 1. The minimum Gasteiger partial charge on any atom is -0.334 e.